The molecule has 0 amide bonds. The van der Waals surface area contributed by atoms with Crippen molar-refractivity contribution in [2.24, 2.45) is 5.73 Å². The highest BCUT2D eigenvalue weighted by atomic mass is 14.8. The van der Waals surface area contributed by atoms with Gasteiger partial charge in [0.1, 0.15) is 6.33 Å². The average Bonchev–Trinajstić information content (AvgIpc) is 2.88. The van der Waals surface area contributed by atoms with Crippen molar-refractivity contribution in [1.82, 2.24) is 9.97 Å². The van der Waals surface area contributed by atoms with Crippen molar-refractivity contribution in [3.8, 4) is 0 Å². The standard InChI is InChI=1S/C9H13N3/c10-4-3-8-5-9(7-1-2-7)12-6-11-8/h5-7H,1-4,10H2. The number of aromatic nitrogens is 2. The Balaban J connectivity index is 2.15. The zero-order valence-electron chi connectivity index (χ0n) is 7.03. The van der Waals surface area contributed by atoms with Gasteiger partial charge < -0.3 is 5.73 Å². The van der Waals surface area contributed by atoms with E-state index in [1.807, 2.05) is 0 Å². The first kappa shape index (κ1) is 7.68. The number of rotatable bonds is 3. The molecule has 1 heterocycles. The molecule has 1 saturated carbocycles. The molecule has 3 heteroatoms. The summed E-state index contributed by atoms with van der Waals surface area (Å²) in [5, 5.41) is 0. The van der Waals surface area contributed by atoms with Crippen molar-refractivity contribution in [3.05, 3.63) is 23.8 Å². The maximum absolute atomic E-state index is 5.44. The highest BCUT2D eigenvalue weighted by molar-refractivity contribution is 5.17. The Kier molecular flexibility index (Phi) is 2.04. The summed E-state index contributed by atoms with van der Waals surface area (Å²) in [6.45, 7) is 0.668. The van der Waals surface area contributed by atoms with Gasteiger partial charge in [0.2, 0.25) is 0 Å². The van der Waals surface area contributed by atoms with Crippen molar-refractivity contribution < 1.29 is 0 Å². The Labute approximate surface area is 72.0 Å². The molecule has 1 aliphatic carbocycles. The SMILES string of the molecule is NCCc1cc(C2CC2)ncn1. The number of nitrogens with zero attached hydrogens (tertiary/aromatic N) is 2. The zero-order chi connectivity index (χ0) is 8.39. The predicted octanol–water partition coefficient (Wildman–Crippen LogP) is 0.855. The first-order valence-corrected chi connectivity index (χ1v) is 4.41. The lowest BCUT2D eigenvalue weighted by Crippen LogP contribution is -2.05. The van der Waals surface area contributed by atoms with Crippen LogP contribution in [0.3, 0.4) is 0 Å². The summed E-state index contributed by atoms with van der Waals surface area (Å²) in [7, 11) is 0. The van der Waals surface area contributed by atoms with Crippen molar-refractivity contribution >= 4 is 0 Å². The first-order chi connectivity index (χ1) is 5.90. The number of nitrogens with two attached hydrogens (primary N) is 1. The minimum Gasteiger partial charge on any atom is -0.330 e. The van der Waals surface area contributed by atoms with Crippen LogP contribution in [-0.4, -0.2) is 16.5 Å². The van der Waals surface area contributed by atoms with Crippen LogP contribution in [0.15, 0.2) is 12.4 Å². The van der Waals surface area contributed by atoms with Gasteiger partial charge in [0.05, 0.1) is 0 Å². The van der Waals surface area contributed by atoms with Crippen molar-refractivity contribution in [3.63, 3.8) is 0 Å². The smallest absolute Gasteiger partial charge is 0.115 e. The third kappa shape index (κ3) is 1.61. The van der Waals surface area contributed by atoms with E-state index in [1.54, 1.807) is 6.33 Å². The maximum Gasteiger partial charge on any atom is 0.115 e. The van der Waals surface area contributed by atoms with Gasteiger partial charge in [-0.2, -0.15) is 0 Å². The van der Waals surface area contributed by atoms with Crippen molar-refractivity contribution in [1.29, 1.82) is 0 Å². The van der Waals surface area contributed by atoms with Gasteiger partial charge in [-0.1, -0.05) is 0 Å². The van der Waals surface area contributed by atoms with E-state index in [2.05, 4.69) is 16.0 Å². The van der Waals surface area contributed by atoms with Gasteiger partial charge in [-0.15, -0.1) is 0 Å². The fourth-order valence-corrected chi connectivity index (χ4v) is 1.30. The van der Waals surface area contributed by atoms with Gasteiger partial charge in [-0.05, 0) is 25.5 Å². The number of hydrogen-bond donors (Lipinski definition) is 1. The molecule has 1 aliphatic rings. The Morgan fingerprint density at radius 1 is 1.42 bits per heavy atom. The largest absolute Gasteiger partial charge is 0.330 e. The molecule has 0 spiro atoms. The van der Waals surface area contributed by atoms with E-state index in [0.717, 1.165) is 12.1 Å². The molecule has 3 nitrogen and oxygen atoms in total. The van der Waals surface area contributed by atoms with E-state index >= 15 is 0 Å². The quantitative estimate of drug-likeness (QED) is 0.718. The molecule has 1 aromatic rings. The third-order valence-corrected chi connectivity index (χ3v) is 2.14. The summed E-state index contributed by atoms with van der Waals surface area (Å²) < 4.78 is 0. The predicted molar refractivity (Wildman–Crippen MR) is 46.8 cm³/mol. The lowest BCUT2D eigenvalue weighted by molar-refractivity contribution is 0.882. The second-order valence-corrected chi connectivity index (χ2v) is 3.25. The average molecular weight is 163 g/mol. The zero-order valence-corrected chi connectivity index (χ0v) is 7.03. The third-order valence-electron chi connectivity index (χ3n) is 2.14. The van der Waals surface area contributed by atoms with Crippen LogP contribution in [0.2, 0.25) is 0 Å². The van der Waals surface area contributed by atoms with Gasteiger partial charge >= 0.3 is 0 Å². The second kappa shape index (κ2) is 3.19. The lowest BCUT2D eigenvalue weighted by Gasteiger charge is -1.99. The minimum atomic E-state index is 0.668. The molecule has 0 bridgehead atoms. The highest BCUT2D eigenvalue weighted by Gasteiger charge is 2.24. The summed E-state index contributed by atoms with van der Waals surface area (Å²) in [5.41, 5.74) is 7.72. The van der Waals surface area contributed by atoms with Crippen LogP contribution >= 0.6 is 0 Å². The summed E-state index contributed by atoms with van der Waals surface area (Å²) in [4.78, 5) is 8.38. The van der Waals surface area contributed by atoms with Gasteiger partial charge in [-0.25, -0.2) is 9.97 Å². The molecule has 0 unspecified atom stereocenters. The van der Waals surface area contributed by atoms with Crippen molar-refractivity contribution in [2.45, 2.75) is 25.2 Å². The summed E-state index contributed by atoms with van der Waals surface area (Å²) in [5.74, 6) is 0.713. The molecular formula is C9H13N3. The molecule has 0 radical (unpaired) electrons. The molecular weight excluding hydrogens is 150 g/mol. The Bertz CT molecular complexity index is 268. The molecule has 0 aliphatic heterocycles. The maximum atomic E-state index is 5.44. The monoisotopic (exact) mass is 163 g/mol. The van der Waals surface area contributed by atoms with Crippen LogP contribution < -0.4 is 5.73 Å². The van der Waals surface area contributed by atoms with E-state index in [1.165, 1.54) is 18.5 Å². The second-order valence-electron chi connectivity index (χ2n) is 3.25. The number of hydrogen-bond acceptors (Lipinski definition) is 3. The summed E-state index contributed by atoms with van der Waals surface area (Å²) in [6, 6.07) is 2.09. The molecule has 12 heavy (non-hydrogen) atoms. The van der Waals surface area contributed by atoms with E-state index in [0.29, 0.717) is 12.5 Å². The molecule has 1 fully saturated rings. The van der Waals surface area contributed by atoms with Gasteiger partial charge in [0, 0.05) is 23.7 Å². The van der Waals surface area contributed by atoms with E-state index in [9.17, 15) is 0 Å². The van der Waals surface area contributed by atoms with E-state index < -0.39 is 0 Å². The van der Waals surface area contributed by atoms with Crippen molar-refractivity contribution in [2.75, 3.05) is 6.54 Å². The molecule has 0 atom stereocenters. The molecule has 2 N–H and O–H groups in total. The Hall–Kier alpha value is -0.960. The van der Waals surface area contributed by atoms with Gasteiger partial charge in [0.25, 0.3) is 0 Å². The topological polar surface area (TPSA) is 51.8 Å². The van der Waals surface area contributed by atoms with E-state index in [4.69, 9.17) is 5.73 Å². The fraction of sp³-hybridized carbons (Fsp3) is 0.556. The fourth-order valence-electron chi connectivity index (χ4n) is 1.30. The summed E-state index contributed by atoms with van der Waals surface area (Å²) >= 11 is 0. The molecule has 1 aromatic heterocycles. The van der Waals surface area contributed by atoms with Crippen LogP contribution in [0.1, 0.15) is 30.1 Å². The van der Waals surface area contributed by atoms with Crippen LogP contribution in [0.25, 0.3) is 0 Å². The molecule has 0 aromatic carbocycles. The molecule has 64 valence electrons. The first-order valence-electron chi connectivity index (χ1n) is 4.41. The van der Waals surface area contributed by atoms with Crippen LogP contribution in [-0.2, 0) is 6.42 Å². The van der Waals surface area contributed by atoms with Gasteiger partial charge in [-0.3, -0.25) is 0 Å². The highest BCUT2D eigenvalue weighted by Crippen LogP contribution is 2.38. The molecule has 2 rings (SSSR count). The van der Waals surface area contributed by atoms with Gasteiger partial charge in [0.15, 0.2) is 0 Å². The molecule has 0 saturated heterocycles. The minimum absolute atomic E-state index is 0.668. The lowest BCUT2D eigenvalue weighted by atomic mass is 10.2. The van der Waals surface area contributed by atoms with Crippen LogP contribution in [0, 0.1) is 0 Å². The van der Waals surface area contributed by atoms with E-state index in [-0.39, 0.29) is 0 Å². The normalized spacial score (nSPS) is 16.4. The van der Waals surface area contributed by atoms with Crippen LogP contribution in [0.5, 0.6) is 0 Å². The van der Waals surface area contributed by atoms with Crippen LogP contribution in [0.4, 0.5) is 0 Å². The Morgan fingerprint density at radius 3 is 2.92 bits per heavy atom. The Morgan fingerprint density at radius 2 is 2.25 bits per heavy atom. The summed E-state index contributed by atoms with van der Waals surface area (Å²) in [6.07, 6.45) is 5.10.